The molecule has 21 heavy (non-hydrogen) atoms. The van der Waals surface area contributed by atoms with Crippen LogP contribution < -0.4 is 10.2 Å². The van der Waals surface area contributed by atoms with E-state index in [1.54, 1.807) is 24.3 Å². The van der Waals surface area contributed by atoms with E-state index in [-0.39, 0.29) is 11.7 Å². The number of amides is 1. The summed E-state index contributed by atoms with van der Waals surface area (Å²) in [6.07, 6.45) is 1.48. The normalized spacial score (nSPS) is 10.6. The summed E-state index contributed by atoms with van der Waals surface area (Å²) in [5, 5.41) is 13.4. The predicted molar refractivity (Wildman–Crippen MR) is 80.9 cm³/mol. The van der Waals surface area contributed by atoms with E-state index >= 15 is 0 Å². The Bertz CT molecular complexity index is 681. The second-order valence-corrected chi connectivity index (χ2v) is 4.50. The molecule has 2 N–H and O–H groups in total. The summed E-state index contributed by atoms with van der Waals surface area (Å²) in [6, 6.07) is 12.0. The molecule has 0 saturated carbocycles. The van der Waals surface area contributed by atoms with Gasteiger partial charge in [-0.05, 0) is 42.8 Å². The molecule has 0 aromatic heterocycles. The molecular weight excluding hydrogens is 268 g/mol. The van der Waals surface area contributed by atoms with Gasteiger partial charge in [0.15, 0.2) is 11.5 Å². The maximum atomic E-state index is 11.9. The van der Waals surface area contributed by atoms with Crippen molar-refractivity contribution in [1.82, 2.24) is 5.43 Å². The Balaban J connectivity index is 2.04. The van der Waals surface area contributed by atoms with E-state index in [2.05, 4.69) is 10.5 Å². The zero-order valence-electron chi connectivity index (χ0n) is 11.8. The topological polar surface area (TPSA) is 70.9 Å². The second kappa shape index (κ2) is 6.56. The van der Waals surface area contributed by atoms with Crippen molar-refractivity contribution in [3.05, 3.63) is 59.2 Å². The fraction of sp³-hybridized carbons (Fsp3) is 0.125. The number of carbonyl (C=O) groups excluding carboxylic acids is 1. The smallest absolute Gasteiger partial charge is 0.271 e. The van der Waals surface area contributed by atoms with Gasteiger partial charge in [-0.2, -0.15) is 5.10 Å². The molecule has 0 aliphatic carbocycles. The molecule has 5 heteroatoms. The molecule has 5 nitrogen and oxygen atoms in total. The molecule has 0 aliphatic rings. The van der Waals surface area contributed by atoms with Gasteiger partial charge < -0.3 is 9.84 Å². The molecule has 0 spiro atoms. The Labute approximate surface area is 122 Å². The minimum Gasteiger partial charge on any atom is -0.504 e. The maximum absolute atomic E-state index is 11.9. The Kier molecular flexibility index (Phi) is 4.56. The van der Waals surface area contributed by atoms with Crippen molar-refractivity contribution in [2.75, 3.05) is 7.11 Å². The Morgan fingerprint density at radius 3 is 2.81 bits per heavy atom. The lowest BCUT2D eigenvalue weighted by Crippen LogP contribution is -2.17. The molecule has 0 unspecified atom stereocenters. The predicted octanol–water partition coefficient (Wildman–Crippen LogP) is 2.47. The molecule has 0 radical (unpaired) electrons. The van der Waals surface area contributed by atoms with Gasteiger partial charge in [-0.15, -0.1) is 0 Å². The number of aryl methyl sites for hydroxylation is 1. The first-order valence-electron chi connectivity index (χ1n) is 6.37. The number of aromatic hydroxyl groups is 1. The fourth-order valence-corrected chi connectivity index (χ4v) is 1.79. The molecule has 0 heterocycles. The van der Waals surface area contributed by atoms with Gasteiger partial charge in [0.2, 0.25) is 0 Å². The number of nitrogens with zero attached hydrogens (tertiary/aromatic N) is 1. The van der Waals surface area contributed by atoms with Crippen LogP contribution in [0.15, 0.2) is 47.6 Å². The quantitative estimate of drug-likeness (QED) is 0.669. The van der Waals surface area contributed by atoms with Crippen LogP contribution in [-0.2, 0) is 0 Å². The Morgan fingerprint density at radius 2 is 2.10 bits per heavy atom. The molecule has 2 rings (SSSR count). The first-order valence-corrected chi connectivity index (χ1v) is 6.37. The minimum atomic E-state index is -0.277. The van der Waals surface area contributed by atoms with Gasteiger partial charge in [0.05, 0.1) is 13.3 Å². The lowest BCUT2D eigenvalue weighted by Gasteiger charge is -2.03. The van der Waals surface area contributed by atoms with Gasteiger partial charge in [-0.3, -0.25) is 4.79 Å². The van der Waals surface area contributed by atoms with Crippen LogP contribution in [-0.4, -0.2) is 24.3 Å². The third-order valence-electron chi connectivity index (χ3n) is 2.86. The van der Waals surface area contributed by atoms with Gasteiger partial charge >= 0.3 is 0 Å². The van der Waals surface area contributed by atoms with E-state index < -0.39 is 0 Å². The molecule has 108 valence electrons. The van der Waals surface area contributed by atoms with E-state index in [0.717, 1.165) is 5.56 Å². The zero-order chi connectivity index (χ0) is 15.2. The SMILES string of the molecule is COc1cc(/C=N\NC(=O)c2cccc(C)c2)ccc1O. The highest BCUT2D eigenvalue weighted by atomic mass is 16.5. The van der Waals surface area contributed by atoms with Crippen molar-refractivity contribution in [1.29, 1.82) is 0 Å². The molecule has 0 fully saturated rings. The molecular formula is C16H16N2O3. The number of methoxy groups -OCH3 is 1. The largest absolute Gasteiger partial charge is 0.504 e. The van der Waals surface area contributed by atoms with Crippen LogP contribution in [0, 0.1) is 6.92 Å². The molecule has 2 aromatic rings. The van der Waals surface area contributed by atoms with Crippen molar-refractivity contribution >= 4 is 12.1 Å². The number of benzene rings is 2. The standard InChI is InChI=1S/C16H16N2O3/c1-11-4-3-5-13(8-11)16(20)18-17-10-12-6-7-14(19)15(9-12)21-2/h3-10,19H,1-2H3,(H,18,20)/b17-10-. The number of hydrogen-bond donors (Lipinski definition) is 2. The molecule has 1 amide bonds. The number of ether oxygens (including phenoxy) is 1. The van der Waals surface area contributed by atoms with E-state index in [1.807, 2.05) is 19.1 Å². The van der Waals surface area contributed by atoms with Crippen molar-refractivity contribution in [2.24, 2.45) is 5.10 Å². The first kappa shape index (κ1) is 14.6. The minimum absolute atomic E-state index is 0.0541. The summed E-state index contributed by atoms with van der Waals surface area (Å²) in [6.45, 7) is 1.92. The third kappa shape index (κ3) is 3.82. The summed E-state index contributed by atoms with van der Waals surface area (Å²) in [4.78, 5) is 11.9. The van der Waals surface area contributed by atoms with Crippen molar-refractivity contribution < 1.29 is 14.6 Å². The third-order valence-corrected chi connectivity index (χ3v) is 2.86. The average molecular weight is 284 g/mol. The molecule has 0 saturated heterocycles. The lowest BCUT2D eigenvalue weighted by atomic mass is 10.1. The number of hydrazone groups is 1. The van der Waals surface area contributed by atoms with Crippen LogP contribution in [0.4, 0.5) is 0 Å². The van der Waals surface area contributed by atoms with E-state index in [9.17, 15) is 9.90 Å². The Hall–Kier alpha value is -2.82. The lowest BCUT2D eigenvalue weighted by molar-refractivity contribution is 0.0955. The Morgan fingerprint density at radius 1 is 1.29 bits per heavy atom. The van der Waals surface area contributed by atoms with Crippen LogP contribution in [0.25, 0.3) is 0 Å². The number of rotatable bonds is 4. The molecule has 0 atom stereocenters. The molecule has 2 aromatic carbocycles. The number of phenolic OH excluding ortho intramolecular Hbond substituents is 1. The van der Waals surface area contributed by atoms with E-state index in [0.29, 0.717) is 16.9 Å². The number of phenols is 1. The zero-order valence-corrected chi connectivity index (χ0v) is 11.8. The molecule has 0 aliphatic heterocycles. The van der Waals surface area contributed by atoms with Crippen LogP contribution in [0.5, 0.6) is 11.5 Å². The fourth-order valence-electron chi connectivity index (χ4n) is 1.79. The highest BCUT2D eigenvalue weighted by molar-refractivity contribution is 5.95. The summed E-state index contributed by atoms with van der Waals surface area (Å²) in [5.74, 6) is 0.128. The number of hydrogen-bond acceptors (Lipinski definition) is 4. The monoisotopic (exact) mass is 284 g/mol. The van der Waals surface area contributed by atoms with E-state index in [1.165, 1.54) is 19.4 Å². The highest BCUT2D eigenvalue weighted by Crippen LogP contribution is 2.25. The average Bonchev–Trinajstić information content (AvgIpc) is 2.48. The van der Waals surface area contributed by atoms with Crippen LogP contribution in [0.3, 0.4) is 0 Å². The summed E-state index contributed by atoms with van der Waals surface area (Å²) < 4.78 is 5.00. The maximum Gasteiger partial charge on any atom is 0.271 e. The van der Waals surface area contributed by atoms with Gasteiger partial charge in [-0.25, -0.2) is 5.43 Å². The number of nitrogens with one attached hydrogen (secondary N) is 1. The summed E-state index contributed by atoms with van der Waals surface area (Å²) >= 11 is 0. The van der Waals surface area contributed by atoms with Gasteiger partial charge in [-0.1, -0.05) is 17.7 Å². The first-order chi connectivity index (χ1) is 10.1. The van der Waals surface area contributed by atoms with Crippen LogP contribution >= 0.6 is 0 Å². The van der Waals surface area contributed by atoms with Gasteiger partial charge in [0, 0.05) is 5.56 Å². The molecule has 0 bridgehead atoms. The number of carbonyl (C=O) groups is 1. The van der Waals surface area contributed by atoms with Crippen LogP contribution in [0.1, 0.15) is 21.5 Å². The summed E-state index contributed by atoms with van der Waals surface area (Å²) in [7, 11) is 1.47. The summed E-state index contributed by atoms with van der Waals surface area (Å²) in [5.41, 5.74) is 4.72. The van der Waals surface area contributed by atoms with Gasteiger partial charge in [0.25, 0.3) is 5.91 Å². The highest BCUT2D eigenvalue weighted by Gasteiger charge is 2.04. The van der Waals surface area contributed by atoms with Crippen LogP contribution in [0.2, 0.25) is 0 Å². The van der Waals surface area contributed by atoms with Crippen molar-refractivity contribution in [3.63, 3.8) is 0 Å². The van der Waals surface area contributed by atoms with Gasteiger partial charge in [0.1, 0.15) is 0 Å². The van der Waals surface area contributed by atoms with Crippen molar-refractivity contribution in [3.8, 4) is 11.5 Å². The van der Waals surface area contributed by atoms with Crippen molar-refractivity contribution in [2.45, 2.75) is 6.92 Å². The second-order valence-electron chi connectivity index (χ2n) is 4.50. The van der Waals surface area contributed by atoms with E-state index in [4.69, 9.17) is 4.74 Å².